The molecule has 0 aromatic heterocycles. The molecule has 2 amide bonds. The first kappa shape index (κ1) is 17.2. The summed E-state index contributed by atoms with van der Waals surface area (Å²) >= 11 is 0. The van der Waals surface area contributed by atoms with Crippen molar-refractivity contribution >= 4 is 38.3 Å². The van der Waals surface area contributed by atoms with Crippen LogP contribution in [0.1, 0.15) is 17.3 Å². The molecule has 0 radical (unpaired) electrons. The Morgan fingerprint density at radius 3 is 2.41 bits per heavy atom. The summed E-state index contributed by atoms with van der Waals surface area (Å²) in [5.74, 6) is -1.26. The third-order valence-corrected chi connectivity index (χ3v) is 6.54. The van der Waals surface area contributed by atoms with Gasteiger partial charge in [-0.2, -0.15) is 0 Å². The molecular weight excluding hydrogens is 364 g/mol. The predicted octanol–water partition coefficient (Wildman–Crippen LogP) is 3.01. The van der Waals surface area contributed by atoms with Crippen LogP contribution in [0.4, 0.5) is 5.69 Å². The van der Waals surface area contributed by atoms with Crippen molar-refractivity contribution in [1.29, 1.82) is 0 Å². The van der Waals surface area contributed by atoms with E-state index in [2.05, 4.69) is 5.32 Å². The van der Waals surface area contributed by atoms with Crippen LogP contribution in [0.3, 0.4) is 0 Å². The van der Waals surface area contributed by atoms with Crippen LogP contribution in [0.25, 0.3) is 10.8 Å². The Balaban J connectivity index is 1.66. The lowest BCUT2D eigenvalue weighted by molar-refractivity contribution is -0.118. The summed E-state index contributed by atoms with van der Waals surface area (Å²) in [6.07, 6.45) is 0. The fourth-order valence-electron chi connectivity index (χ4n) is 3.26. The van der Waals surface area contributed by atoms with Crippen molar-refractivity contribution in [2.75, 3.05) is 5.32 Å². The molecule has 0 bridgehead atoms. The van der Waals surface area contributed by atoms with Gasteiger partial charge in [-0.25, -0.2) is 12.7 Å². The van der Waals surface area contributed by atoms with E-state index >= 15 is 0 Å². The predicted molar refractivity (Wildman–Crippen MR) is 102 cm³/mol. The lowest BCUT2D eigenvalue weighted by atomic mass is 10.1. The van der Waals surface area contributed by atoms with Gasteiger partial charge in [0.1, 0.15) is 10.9 Å². The van der Waals surface area contributed by atoms with Crippen LogP contribution in [0.2, 0.25) is 0 Å². The van der Waals surface area contributed by atoms with Crippen molar-refractivity contribution in [2.45, 2.75) is 17.9 Å². The minimum absolute atomic E-state index is 0.0696. The van der Waals surface area contributed by atoms with E-state index in [-0.39, 0.29) is 10.5 Å². The molecule has 0 fully saturated rings. The second-order valence-corrected chi connectivity index (χ2v) is 8.08. The number of carbonyl (C=O) groups is 2. The minimum Gasteiger partial charge on any atom is -0.324 e. The lowest BCUT2D eigenvalue weighted by Crippen LogP contribution is -2.45. The zero-order chi connectivity index (χ0) is 19.2. The van der Waals surface area contributed by atoms with Gasteiger partial charge in [0, 0.05) is 11.1 Å². The van der Waals surface area contributed by atoms with Gasteiger partial charge in [0.05, 0.1) is 5.56 Å². The average molecular weight is 380 g/mol. The van der Waals surface area contributed by atoms with Gasteiger partial charge < -0.3 is 5.32 Å². The molecule has 1 atom stereocenters. The molecule has 1 aliphatic rings. The summed E-state index contributed by atoms with van der Waals surface area (Å²) in [5, 5.41) is 4.53. The van der Waals surface area contributed by atoms with Crippen LogP contribution in [-0.4, -0.2) is 30.6 Å². The number of nitrogens with one attached hydrogen (secondary N) is 1. The van der Waals surface area contributed by atoms with Gasteiger partial charge in [0.15, 0.2) is 0 Å². The smallest absolute Gasteiger partial charge is 0.269 e. The minimum atomic E-state index is -4.05. The number of hydrogen-bond donors (Lipinski definition) is 1. The van der Waals surface area contributed by atoms with E-state index < -0.39 is 27.9 Å². The van der Waals surface area contributed by atoms with E-state index in [1.54, 1.807) is 24.3 Å². The van der Waals surface area contributed by atoms with E-state index in [1.165, 1.54) is 19.1 Å². The number of carbonyl (C=O) groups excluding carboxylic acids is 2. The van der Waals surface area contributed by atoms with E-state index in [0.29, 0.717) is 9.99 Å². The third-order valence-electron chi connectivity index (χ3n) is 4.63. The topological polar surface area (TPSA) is 83.6 Å². The maximum Gasteiger partial charge on any atom is 0.269 e. The molecule has 7 heteroatoms. The quantitative estimate of drug-likeness (QED) is 0.757. The van der Waals surface area contributed by atoms with Crippen LogP contribution < -0.4 is 5.32 Å². The van der Waals surface area contributed by atoms with E-state index in [9.17, 15) is 18.0 Å². The highest BCUT2D eigenvalue weighted by molar-refractivity contribution is 7.90. The molecule has 1 heterocycles. The fourth-order valence-corrected chi connectivity index (χ4v) is 4.99. The first-order chi connectivity index (χ1) is 12.9. The Kier molecular flexibility index (Phi) is 3.96. The molecule has 0 aliphatic carbocycles. The molecule has 1 N–H and O–H groups in total. The summed E-state index contributed by atoms with van der Waals surface area (Å²) in [4.78, 5) is 25.3. The zero-order valence-corrected chi connectivity index (χ0v) is 15.2. The maximum atomic E-state index is 12.8. The number of sulfonamides is 1. The Morgan fingerprint density at radius 2 is 1.63 bits per heavy atom. The normalized spacial score (nSPS) is 16.2. The van der Waals surface area contributed by atoms with Gasteiger partial charge in [-0.1, -0.05) is 48.5 Å². The summed E-state index contributed by atoms with van der Waals surface area (Å²) < 4.78 is 26.1. The van der Waals surface area contributed by atoms with Gasteiger partial charge in [-0.15, -0.1) is 0 Å². The van der Waals surface area contributed by atoms with E-state index in [0.717, 1.165) is 10.8 Å². The summed E-state index contributed by atoms with van der Waals surface area (Å²) in [6, 6.07) is 17.8. The molecular formula is C20H16N2O4S. The highest BCUT2D eigenvalue weighted by Crippen LogP contribution is 2.32. The molecule has 6 nitrogen and oxygen atoms in total. The number of nitrogens with zero attached hydrogens (tertiary/aromatic N) is 1. The third kappa shape index (κ3) is 2.67. The van der Waals surface area contributed by atoms with Gasteiger partial charge in [-0.05, 0) is 30.5 Å². The number of fused-ring (bicyclic) bond motifs is 2. The number of hydrogen-bond acceptors (Lipinski definition) is 4. The molecule has 4 rings (SSSR count). The number of anilines is 1. The molecule has 3 aromatic carbocycles. The summed E-state index contributed by atoms with van der Waals surface area (Å²) in [5.41, 5.74) is 0.647. The summed E-state index contributed by atoms with van der Waals surface area (Å²) in [7, 11) is -4.05. The van der Waals surface area contributed by atoms with E-state index in [1.807, 2.05) is 30.3 Å². The highest BCUT2D eigenvalue weighted by atomic mass is 32.2. The fraction of sp³-hybridized carbons (Fsp3) is 0.100. The van der Waals surface area contributed by atoms with E-state index in [4.69, 9.17) is 0 Å². The average Bonchev–Trinajstić information content (AvgIpc) is 2.88. The monoisotopic (exact) mass is 380 g/mol. The maximum absolute atomic E-state index is 12.8. The van der Waals surface area contributed by atoms with Gasteiger partial charge >= 0.3 is 0 Å². The van der Waals surface area contributed by atoms with Gasteiger partial charge in [0.2, 0.25) is 5.91 Å². The standard InChI is InChI=1S/C20H16N2O4S/c1-13(22-20(24)16-10-4-5-12-18(16)27(22,25)26)19(23)21-17-11-6-8-14-7-2-3-9-15(14)17/h2-13H,1H3,(H,21,23). The van der Waals surface area contributed by atoms with Gasteiger partial charge in [0.25, 0.3) is 15.9 Å². The number of benzene rings is 3. The SMILES string of the molecule is CC(C(=O)Nc1cccc2ccccc12)N1C(=O)c2ccccc2S1(=O)=O. The van der Waals surface area contributed by atoms with Crippen molar-refractivity contribution in [3.8, 4) is 0 Å². The molecule has 0 saturated heterocycles. The van der Waals surface area contributed by atoms with Crippen molar-refractivity contribution in [2.24, 2.45) is 0 Å². The number of rotatable bonds is 3. The molecule has 3 aromatic rings. The molecule has 0 spiro atoms. The van der Waals surface area contributed by atoms with Crippen LogP contribution in [0.5, 0.6) is 0 Å². The Hall–Kier alpha value is -3.19. The Morgan fingerprint density at radius 1 is 0.963 bits per heavy atom. The Bertz CT molecular complexity index is 1180. The van der Waals surface area contributed by atoms with Crippen LogP contribution in [0.15, 0.2) is 71.6 Å². The second-order valence-electron chi connectivity index (χ2n) is 6.29. The first-order valence-electron chi connectivity index (χ1n) is 8.37. The second kappa shape index (κ2) is 6.21. The van der Waals surface area contributed by atoms with Crippen LogP contribution in [-0.2, 0) is 14.8 Å². The van der Waals surface area contributed by atoms with Crippen molar-refractivity contribution in [3.05, 3.63) is 72.3 Å². The first-order valence-corrected chi connectivity index (χ1v) is 9.81. The molecule has 136 valence electrons. The van der Waals surface area contributed by atoms with Crippen molar-refractivity contribution in [1.82, 2.24) is 4.31 Å². The van der Waals surface area contributed by atoms with Crippen molar-refractivity contribution < 1.29 is 18.0 Å². The lowest BCUT2D eigenvalue weighted by Gasteiger charge is -2.22. The molecule has 1 aliphatic heterocycles. The summed E-state index contributed by atoms with van der Waals surface area (Å²) in [6.45, 7) is 1.40. The van der Waals surface area contributed by atoms with Crippen molar-refractivity contribution in [3.63, 3.8) is 0 Å². The van der Waals surface area contributed by atoms with Crippen LogP contribution in [0, 0.1) is 0 Å². The molecule has 1 unspecified atom stereocenters. The highest BCUT2D eigenvalue weighted by Gasteiger charge is 2.45. The number of amides is 2. The zero-order valence-electron chi connectivity index (χ0n) is 14.4. The largest absolute Gasteiger partial charge is 0.324 e. The molecule has 27 heavy (non-hydrogen) atoms. The Labute approximate surface area is 156 Å². The van der Waals surface area contributed by atoms with Gasteiger partial charge in [-0.3, -0.25) is 9.59 Å². The van der Waals surface area contributed by atoms with Crippen LogP contribution >= 0.6 is 0 Å². The molecule has 0 saturated carbocycles.